The number of primary amides is 1. The standard InChI is InChI=1S/C15H23N3O/c1-15(2,3)10-6-7-18(9-10)13-8-11(16)4-5-12(13)14(17)19/h4-5,8,10H,6-7,9,16H2,1-3H3,(H2,17,19). The Labute approximate surface area is 114 Å². The van der Waals surface area contributed by atoms with Crippen LogP contribution < -0.4 is 16.4 Å². The van der Waals surface area contributed by atoms with Crippen molar-refractivity contribution in [1.29, 1.82) is 0 Å². The van der Waals surface area contributed by atoms with E-state index in [2.05, 4.69) is 25.7 Å². The largest absolute Gasteiger partial charge is 0.399 e. The lowest BCUT2D eigenvalue weighted by Crippen LogP contribution is -2.27. The van der Waals surface area contributed by atoms with Gasteiger partial charge >= 0.3 is 0 Å². The first-order valence-electron chi connectivity index (χ1n) is 6.73. The van der Waals surface area contributed by atoms with Gasteiger partial charge in [-0.3, -0.25) is 4.79 Å². The first kappa shape index (κ1) is 13.7. The summed E-state index contributed by atoms with van der Waals surface area (Å²) in [7, 11) is 0. The Morgan fingerprint density at radius 2 is 2.05 bits per heavy atom. The first-order chi connectivity index (χ1) is 8.79. The molecule has 4 heteroatoms. The topological polar surface area (TPSA) is 72.3 Å². The Morgan fingerprint density at radius 3 is 2.58 bits per heavy atom. The zero-order valence-corrected chi connectivity index (χ0v) is 11.9. The van der Waals surface area contributed by atoms with Gasteiger partial charge in [0.15, 0.2) is 0 Å². The molecule has 4 nitrogen and oxygen atoms in total. The van der Waals surface area contributed by atoms with E-state index in [1.165, 1.54) is 0 Å². The number of nitrogens with two attached hydrogens (primary N) is 2. The van der Waals surface area contributed by atoms with Crippen LogP contribution in [0.5, 0.6) is 0 Å². The highest BCUT2D eigenvalue weighted by Crippen LogP contribution is 2.37. The van der Waals surface area contributed by atoms with E-state index in [1.807, 2.05) is 6.07 Å². The molecule has 0 radical (unpaired) electrons. The normalized spacial score (nSPS) is 19.7. The molecule has 19 heavy (non-hydrogen) atoms. The molecule has 2 rings (SSSR count). The van der Waals surface area contributed by atoms with Gasteiger partial charge in [-0.25, -0.2) is 0 Å². The molecule has 0 saturated carbocycles. The molecule has 1 amide bonds. The minimum absolute atomic E-state index is 0.280. The maximum Gasteiger partial charge on any atom is 0.250 e. The molecular weight excluding hydrogens is 238 g/mol. The van der Waals surface area contributed by atoms with Crippen LogP contribution >= 0.6 is 0 Å². The van der Waals surface area contributed by atoms with Gasteiger partial charge in [0, 0.05) is 18.8 Å². The van der Waals surface area contributed by atoms with Crippen molar-refractivity contribution in [1.82, 2.24) is 0 Å². The van der Waals surface area contributed by atoms with Crippen molar-refractivity contribution >= 4 is 17.3 Å². The van der Waals surface area contributed by atoms with Crippen LogP contribution in [-0.4, -0.2) is 19.0 Å². The van der Waals surface area contributed by atoms with E-state index in [0.717, 1.165) is 25.2 Å². The van der Waals surface area contributed by atoms with Gasteiger partial charge in [-0.15, -0.1) is 0 Å². The molecule has 1 saturated heterocycles. The molecule has 104 valence electrons. The molecule has 4 N–H and O–H groups in total. The van der Waals surface area contributed by atoms with Gasteiger partial charge in [-0.05, 0) is 36.0 Å². The third kappa shape index (κ3) is 2.83. The van der Waals surface area contributed by atoms with E-state index in [1.54, 1.807) is 12.1 Å². The van der Waals surface area contributed by atoms with Crippen molar-refractivity contribution in [3.63, 3.8) is 0 Å². The second-order valence-electron chi connectivity index (χ2n) is 6.44. The van der Waals surface area contributed by atoms with Crippen LogP contribution in [0.15, 0.2) is 18.2 Å². The predicted octanol–water partition coefficient (Wildman–Crippen LogP) is 2.24. The zero-order valence-electron chi connectivity index (χ0n) is 11.9. The SMILES string of the molecule is CC(C)(C)C1CCN(c2cc(N)ccc2C(N)=O)C1. The molecule has 1 fully saturated rings. The number of nitrogen functional groups attached to an aromatic ring is 1. The molecule has 1 aliphatic heterocycles. The predicted molar refractivity (Wildman–Crippen MR) is 79.1 cm³/mol. The van der Waals surface area contributed by atoms with Crippen LogP contribution in [0.4, 0.5) is 11.4 Å². The molecule has 1 heterocycles. The summed E-state index contributed by atoms with van der Waals surface area (Å²) in [6, 6.07) is 5.30. The molecular formula is C15H23N3O. The van der Waals surface area contributed by atoms with Crippen molar-refractivity contribution in [2.24, 2.45) is 17.1 Å². The van der Waals surface area contributed by atoms with E-state index >= 15 is 0 Å². The number of rotatable bonds is 2. The van der Waals surface area contributed by atoms with Crippen LogP contribution in [0.3, 0.4) is 0 Å². The molecule has 1 aromatic carbocycles. The van der Waals surface area contributed by atoms with Crippen LogP contribution in [0.1, 0.15) is 37.6 Å². The Balaban J connectivity index is 2.28. The lowest BCUT2D eigenvalue weighted by atomic mass is 9.80. The molecule has 1 aromatic rings. The number of amides is 1. The van der Waals surface area contributed by atoms with Gasteiger partial charge in [0.2, 0.25) is 0 Å². The lowest BCUT2D eigenvalue weighted by molar-refractivity contribution is 0.100. The fraction of sp³-hybridized carbons (Fsp3) is 0.533. The van der Waals surface area contributed by atoms with Crippen molar-refractivity contribution in [2.45, 2.75) is 27.2 Å². The number of carbonyl (C=O) groups excluding carboxylic acids is 1. The van der Waals surface area contributed by atoms with Gasteiger partial charge in [-0.1, -0.05) is 20.8 Å². The summed E-state index contributed by atoms with van der Waals surface area (Å²) in [5, 5.41) is 0. The summed E-state index contributed by atoms with van der Waals surface area (Å²) in [6.45, 7) is 8.68. The number of anilines is 2. The molecule has 1 aliphatic rings. The summed E-state index contributed by atoms with van der Waals surface area (Å²) in [5.74, 6) is 0.226. The van der Waals surface area contributed by atoms with Crippen LogP contribution in [0, 0.1) is 11.3 Å². The van der Waals surface area contributed by atoms with Crippen molar-refractivity contribution in [2.75, 3.05) is 23.7 Å². The number of hydrogen-bond acceptors (Lipinski definition) is 3. The summed E-state index contributed by atoms with van der Waals surface area (Å²) >= 11 is 0. The van der Waals surface area contributed by atoms with Gasteiger partial charge in [0.05, 0.1) is 11.3 Å². The third-order valence-corrected chi connectivity index (χ3v) is 4.04. The number of benzene rings is 1. The summed E-state index contributed by atoms with van der Waals surface area (Å²) < 4.78 is 0. The highest BCUT2D eigenvalue weighted by molar-refractivity contribution is 5.99. The van der Waals surface area contributed by atoms with E-state index in [4.69, 9.17) is 11.5 Å². The van der Waals surface area contributed by atoms with Gasteiger partial charge in [-0.2, -0.15) is 0 Å². The fourth-order valence-electron chi connectivity index (χ4n) is 2.70. The number of hydrogen-bond donors (Lipinski definition) is 2. The first-order valence-corrected chi connectivity index (χ1v) is 6.73. The summed E-state index contributed by atoms with van der Waals surface area (Å²) in [6.07, 6.45) is 1.14. The Bertz CT molecular complexity index is 491. The smallest absolute Gasteiger partial charge is 0.250 e. The Hall–Kier alpha value is -1.71. The van der Waals surface area contributed by atoms with Crippen molar-refractivity contribution in [3.05, 3.63) is 23.8 Å². The van der Waals surface area contributed by atoms with Crippen LogP contribution in [0.25, 0.3) is 0 Å². The molecule has 0 aliphatic carbocycles. The van der Waals surface area contributed by atoms with E-state index in [9.17, 15) is 4.79 Å². The molecule has 1 atom stereocenters. The fourth-order valence-corrected chi connectivity index (χ4v) is 2.70. The van der Waals surface area contributed by atoms with Crippen molar-refractivity contribution < 1.29 is 4.79 Å². The lowest BCUT2D eigenvalue weighted by Gasteiger charge is -2.28. The number of carbonyl (C=O) groups is 1. The van der Waals surface area contributed by atoms with Gasteiger partial charge < -0.3 is 16.4 Å². The second-order valence-corrected chi connectivity index (χ2v) is 6.44. The maximum atomic E-state index is 11.5. The molecule has 0 bridgehead atoms. The minimum atomic E-state index is -0.394. The highest BCUT2D eigenvalue weighted by Gasteiger charge is 2.32. The van der Waals surface area contributed by atoms with Crippen molar-refractivity contribution in [3.8, 4) is 0 Å². The number of nitrogens with zero attached hydrogens (tertiary/aromatic N) is 1. The highest BCUT2D eigenvalue weighted by atomic mass is 16.1. The van der Waals surface area contributed by atoms with Crippen LogP contribution in [0.2, 0.25) is 0 Å². The van der Waals surface area contributed by atoms with E-state index < -0.39 is 5.91 Å². The molecule has 0 aromatic heterocycles. The van der Waals surface area contributed by atoms with Gasteiger partial charge in [0.1, 0.15) is 0 Å². The quantitative estimate of drug-likeness (QED) is 0.802. The summed E-state index contributed by atoms with van der Waals surface area (Å²) in [4.78, 5) is 13.8. The zero-order chi connectivity index (χ0) is 14.2. The molecule has 1 unspecified atom stereocenters. The summed E-state index contributed by atoms with van der Waals surface area (Å²) in [5.41, 5.74) is 13.7. The monoisotopic (exact) mass is 261 g/mol. The average molecular weight is 261 g/mol. The van der Waals surface area contributed by atoms with E-state index in [-0.39, 0.29) is 5.41 Å². The minimum Gasteiger partial charge on any atom is -0.399 e. The Kier molecular flexibility index (Phi) is 3.43. The van der Waals surface area contributed by atoms with Gasteiger partial charge in [0.25, 0.3) is 5.91 Å². The average Bonchev–Trinajstić information content (AvgIpc) is 2.77. The van der Waals surface area contributed by atoms with E-state index in [0.29, 0.717) is 17.2 Å². The molecule has 0 spiro atoms. The second kappa shape index (κ2) is 4.76. The van der Waals surface area contributed by atoms with Crippen LogP contribution in [-0.2, 0) is 0 Å². The Morgan fingerprint density at radius 1 is 1.37 bits per heavy atom. The third-order valence-electron chi connectivity index (χ3n) is 4.04. The maximum absolute atomic E-state index is 11.5.